The Morgan fingerprint density at radius 2 is 2.30 bits per heavy atom. The highest BCUT2D eigenvalue weighted by Crippen LogP contribution is 2.17. The number of fused-ring (bicyclic) bond motifs is 1. The fourth-order valence-electron chi connectivity index (χ4n) is 2.59. The van der Waals surface area contributed by atoms with Crippen molar-refractivity contribution in [1.29, 1.82) is 0 Å². The smallest absolute Gasteiger partial charge is 0.224 e. The summed E-state index contributed by atoms with van der Waals surface area (Å²) in [6.07, 6.45) is 5.98. The molecule has 5 heteroatoms. The topological polar surface area (TPSA) is 46.9 Å². The van der Waals surface area contributed by atoms with E-state index in [4.69, 9.17) is 0 Å². The average Bonchev–Trinajstić information content (AvgIpc) is 2.89. The van der Waals surface area contributed by atoms with E-state index in [0.717, 1.165) is 29.4 Å². The molecule has 0 bridgehead atoms. The first-order valence-electron chi connectivity index (χ1n) is 6.74. The van der Waals surface area contributed by atoms with Gasteiger partial charge in [-0.3, -0.25) is 4.79 Å². The van der Waals surface area contributed by atoms with Gasteiger partial charge >= 0.3 is 0 Å². The number of hydrogen-bond acceptors (Lipinski definition) is 2. The van der Waals surface area contributed by atoms with Crippen LogP contribution < -0.4 is 5.32 Å². The lowest BCUT2D eigenvalue weighted by Gasteiger charge is -2.24. The molecule has 0 saturated heterocycles. The van der Waals surface area contributed by atoms with Crippen molar-refractivity contribution in [3.63, 3.8) is 0 Å². The predicted molar refractivity (Wildman–Crippen MR) is 80.3 cm³/mol. The molecule has 1 atom stereocenters. The van der Waals surface area contributed by atoms with Gasteiger partial charge in [0.25, 0.3) is 0 Å². The molecule has 0 radical (unpaired) electrons. The Bertz CT molecular complexity index is 623. The van der Waals surface area contributed by atoms with Crippen LogP contribution in [0.4, 0.5) is 0 Å². The third-order valence-electron chi connectivity index (χ3n) is 3.65. The van der Waals surface area contributed by atoms with Gasteiger partial charge < -0.3 is 9.88 Å². The van der Waals surface area contributed by atoms with E-state index in [1.54, 1.807) is 0 Å². The number of imidazole rings is 1. The summed E-state index contributed by atoms with van der Waals surface area (Å²) >= 11 is 3.47. The Hall–Kier alpha value is -1.62. The van der Waals surface area contributed by atoms with Crippen molar-refractivity contribution in [3.05, 3.63) is 52.5 Å². The molecule has 1 aliphatic rings. The van der Waals surface area contributed by atoms with Gasteiger partial charge in [-0.25, -0.2) is 4.98 Å². The molecule has 1 unspecified atom stereocenters. The van der Waals surface area contributed by atoms with Gasteiger partial charge in [0.15, 0.2) is 0 Å². The average molecular weight is 334 g/mol. The van der Waals surface area contributed by atoms with E-state index in [9.17, 15) is 4.79 Å². The number of aromatic nitrogens is 2. The highest BCUT2D eigenvalue weighted by atomic mass is 79.9. The van der Waals surface area contributed by atoms with E-state index in [-0.39, 0.29) is 11.9 Å². The standard InChI is InChI=1S/C15H16BrN3O/c16-14-4-2-1-3-11(14)7-15(20)18-12-5-6-19-10-17-9-13(19)8-12/h1-4,9-10,12H,5-8H2,(H,18,20). The molecule has 0 saturated carbocycles. The number of amides is 1. The summed E-state index contributed by atoms with van der Waals surface area (Å²) in [5, 5.41) is 3.12. The second-order valence-electron chi connectivity index (χ2n) is 5.10. The number of halogens is 1. The SMILES string of the molecule is O=C(Cc1ccccc1Br)NC1CCn2cncc2C1. The van der Waals surface area contributed by atoms with Crippen molar-refractivity contribution in [2.24, 2.45) is 0 Å². The molecule has 1 aliphatic heterocycles. The summed E-state index contributed by atoms with van der Waals surface area (Å²) in [6.45, 7) is 0.926. The lowest BCUT2D eigenvalue weighted by molar-refractivity contribution is -0.121. The van der Waals surface area contributed by atoms with Crippen LogP contribution in [0.3, 0.4) is 0 Å². The summed E-state index contributed by atoms with van der Waals surface area (Å²) < 4.78 is 3.13. The van der Waals surface area contributed by atoms with Crippen molar-refractivity contribution >= 4 is 21.8 Å². The maximum atomic E-state index is 12.1. The first-order valence-corrected chi connectivity index (χ1v) is 7.53. The number of benzene rings is 1. The van der Waals surface area contributed by atoms with Gasteiger partial charge in [0.2, 0.25) is 5.91 Å². The Balaban J connectivity index is 1.59. The second-order valence-corrected chi connectivity index (χ2v) is 5.96. The molecule has 1 amide bonds. The minimum Gasteiger partial charge on any atom is -0.353 e. The third kappa shape index (κ3) is 2.93. The maximum absolute atomic E-state index is 12.1. The summed E-state index contributed by atoms with van der Waals surface area (Å²) in [5.74, 6) is 0.0786. The predicted octanol–water partition coefficient (Wildman–Crippen LogP) is 2.32. The van der Waals surface area contributed by atoms with Crippen molar-refractivity contribution < 1.29 is 4.79 Å². The van der Waals surface area contributed by atoms with Crippen LogP contribution in [0, 0.1) is 0 Å². The van der Waals surface area contributed by atoms with Crippen LogP contribution in [0.25, 0.3) is 0 Å². The van der Waals surface area contributed by atoms with Crippen molar-refractivity contribution in [1.82, 2.24) is 14.9 Å². The van der Waals surface area contributed by atoms with Crippen LogP contribution >= 0.6 is 15.9 Å². The third-order valence-corrected chi connectivity index (χ3v) is 4.42. The van der Waals surface area contributed by atoms with E-state index in [1.807, 2.05) is 36.8 Å². The minimum atomic E-state index is 0.0786. The second kappa shape index (κ2) is 5.79. The van der Waals surface area contributed by atoms with Crippen LogP contribution in [0.15, 0.2) is 41.3 Å². The number of carbonyl (C=O) groups is 1. The Morgan fingerprint density at radius 3 is 3.15 bits per heavy atom. The number of rotatable bonds is 3. The largest absolute Gasteiger partial charge is 0.353 e. The highest BCUT2D eigenvalue weighted by molar-refractivity contribution is 9.10. The fraction of sp³-hybridized carbons (Fsp3) is 0.333. The zero-order valence-corrected chi connectivity index (χ0v) is 12.6. The Labute approximate surface area is 126 Å². The summed E-state index contributed by atoms with van der Waals surface area (Å²) in [6, 6.07) is 8.05. The van der Waals surface area contributed by atoms with Crippen LogP contribution in [0.2, 0.25) is 0 Å². The van der Waals surface area contributed by atoms with Crippen LogP contribution in [0.1, 0.15) is 17.7 Å². The molecule has 2 aromatic rings. The lowest BCUT2D eigenvalue weighted by atomic mass is 10.0. The van der Waals surface area contributed by atoms with Crippen LogP contribution in [-0.2, 0) is 24.2 Å². The fourth-order valence-corrected chi connectivity index (χ4v) is 3.01. The molecular weight excluding hydrogens is 318 g/mol. The molecule has 1 aromatic heterocycles. The molecule has 0 spiro atoms. The van der Waals surface area contributed by atoms with E-state index in [2.05, 4.69) is 30.8 Å². The Morgan fingerprint density at radius 1 is 1.45 bits per heavy atom. The number of nitrogens with one attached hydrogen (secondary N) is 1. The number of nitrogens with zero attached hydrogens (tertiary/aromatic N) is 2. The summed E-state index contributed by atoms with van der Waals surface area (Å²) in [5.41, 5.74) is 2.22. The van der Waals surface area contributed by atoms with Gasteiger partial charge in [0, 0.05) is 35.4 Å². The monoisotopic (exact) mass is 333 g/mol. The summed E-state index contributed by atoms with van der Waals surface area (Å²) in [7, 11) is 0. The Kier molecular flexibility index (Phi) is 3.87. The molecule has 104 valence electrons. The van der Waals surface area contributed by atoms with E-state index in [1.165, 1.54) is 5.69 Å². The minimum absolute atomic E-state index is 0.0786. The van der Waals surface area contributed by atoms with Gasteiger partial charge in [-0.15, -0.1) is 0 Å². The van der Waals surface area contributed by atoms with Crippen molar-refractivity contribution in [2.45, 2.75) is 31.8 Å². The van der Waals surface area contributed by atoms with E-state index < -0.39 is 0 Å². The first-order chi connectivity index (χ1) is 9.72. The molecule has 3 rings (SSSR count). The van der Waals surface area contributed by atoms with E-state index in [0.29, 0.717) is 6.42 Å². The number of carbonyl (C=O) groups excluding carboxylic acids is 1. The van der Waals surface area contributed by atoms with Crippen molar-refractivity contribution in [2.75, 3.05) is 0 Å². The quantitative estimate of drug-likeness (QED) is 0.936. The highest BCUT2D eigenvalue weighted by Gasteiger charge is 2.20. The zero-order chi connectivity index (χ0) is 13.9. The number of hydrogen-bond donors (Lipinski definition) is 1. The van der Waals surface area contributed by atoms with Gasteiger partial charge in [0.1, 0.15) is 0 Å². The zero-order valence-electron chi connectivity index (χ0n) is 11.1. The normalized spacial score (nSPS) is 17.6. The molecule has 0 aliphatic carbocycles. The summed E-state index contributed by atoms with van der Waals surface area (Å²) in [4.78, 5) is 16.3. The van der Waals surface area contributed by atoms with Gasteiger partial charge in [0.05, 0.1) is 12.7 Å². The van der Waals surface area contributed by atoms with Gasteiger partial charge in [-0.2, -0.15) is 0 Å². The molecule has 0 fully saturated rings. The molecule has 1 N–H and O–H groups in total. The first kappa shape index (κ1) is 13.4. The molecule has 20 heavy (non-hydrogen) atoms. The number of aryl methyl sites for hydroxylation is 1. The van der Waals surface area contributed by atoms with Gasteiger partial charge in [-0.05, 0) is 18.1 Å². The molecule has 1 aromatic carbocycles. The maximum Gasteiger partial charge on any atom is 0.224 e. The van der Waals surface area contributed by atoms with Crippen molar-refractivity contribution in [3.8, 4) is 0 Å². The molecule has 2 heterocycles. The molecule has 4 nitrogen and oxygen atoms in total. The molecular formula is C15H16BrN3O. The lowest BCUT2D eigenvalue weighted by Crippen LogP contribution is -2.40. The van der Waals surface area contributed by atoms with Gasteiger partial charge in [-0.1, -0.05) is 34.1 Å². The van der Waals surface area contributed by atoms with Crippen LogP contribution in [0.5, 0.6) is 0 Å². The van der Waals surface area contributed by atoms with Crippen LogP contribution in [-0.4, -0.2) is 21.5 Å². The van der Waals surface area contributed by atoms with E-state index >= 15 is 0 Å².